The van der Waals surface area contributed by atoms with Crippen molar-refractivity contribution in [3.8, 4) is 6.07 Å². The van der Waals surface area contributed by atoms with Gasteiger partial charge in [-0.25, -0.2) is 4.79 Å². The van der Waals surface area contributed by atoms with Gasteiger partial charge in [-0.3, -0.25) is 0 Å². The molecule has 104 valence electrons. The summed E-state index contributed by atoms with van der Waals surface area (Å²) < 4.78 is 5.35. The van der Waals surface area contributed by atoms with Gasteiger partial charge in [-0.2, -0.15) is 5.26 Å². The van der Waals surface area contributed by atoms with Gasteiger partial charge in [0.05, 0.1) is 18.2 Å². The molecule has 0 bridgehead atoms. The third-order valence-corrected chi connectivity index (χ3v) is 3.63. The number of anilines is 1. The average molecular weight is 270 g/mol. The second-order valence-electron chi connectivity index (χ2n) is 4.84. The number of nitriles is 1. The number of benzene rings is 1. The number of ether oxygens (including phenoxy) is 1. The Morgan fingerprint density at radius 1 is 1.30 bits per heavy atom. The molecule has 4 heteroatoms. The summed E-state index contributed by atoms with van der Waals surface area (Å²) >= 11 is 0. The van der Waals surface area contributed by atoms with Crippen LogP contribution >= 0.6 is 0 Å². The van der Waals surface area contributed by atoms with Crippen LogP contribution in [0.4, 0.5) is 5.69 Å². The van der Waals surface area contributed by atoms with Crippen LogP contribution in [0.5, 0.6) is 0 Å². The summed E-state index contributed by atoms with van der Waals surface area (Å²) in [5.41, 5.74) is 1.97. The molecule has 1 aliphatic rings. The monoisotopic (exact) mass is 270 g/mol. The Bertz CT molecular complexity index is 569. The van der Waals surface area contributed by atoms with Crippen molar-refractivity contribution in [1.29, 1.82) is 5.26 Å². The number of nitrogens with zero attached hydrogens (tertiary/aromatic N) is 1. The predicted octanol–water partition coefficient (Wildman–Crippen LogP) is 3.16. The minimum atomic E-state index is -0.838. The van der Waals surface area contributed by atoms with E-state index in [1.165, 1.54) is 11.6 Å². The van der Waals surface area contributed by atoms with Crippen molar-refractivity contribution < 1.29 is 9.53 Å². The number of esters is 1. The summed E-state index contributed by atoms with van der Waals surface area (Å²) in [5, 5.41) is 12.2. The average Bonchev–Trinajstić information content (AvgIpc) is 2.76. The van der Waals surface area contributed by atoms with Crippen LogP contribution in [0.25, 0.3) is 0 Å². The molecule has 0 radical (unpaired) electrons. The van der Waals surface area contributed by atoms with E-state index in [4.69, 9.17) is 10.00 Å². The molecular formula is C16H18N2O2. The van der Waals surface area contributed by atoms with E-state index in [2.05, 4.69) is 18.3 Å². The van der Waals surface area contributed by atoms with E-state index in [-0.39, 0.29) is 6.42 Å². The minimum Gasteiger partial charge on any atom is -0.448 e. The lowest BCUT2D eigenvalue weighted by Gasteiger charge is -2.28. The standard InChI is InChI=1S/C16H18N2O2/c1-3-12-5-7-13(8-6-12)18-14-11-15(19)20-16(14,4-2)9-10-17/h5-8,11,18H,3-4,9H2,1-2H3. The van der Waals surface area contributed by atoms with Crippen molar-refractivity contribution >= 4 is 11.7 Å². The predicted molar refractivity (Wildman–Crippen MR) is 76.9 cm³/mol. The maximum absolute atomic E-state index is 11.5. The van der Waals surface area contributed by atoms with Gasteiger partial charge in [0.1, 0.15) is 0 Å². The summed E-state index contributed by atoms with van der Waals surface area (Å²) in [5.74, 6) is -0.394. The molecule has 1 aliphatic heterocycles. The molecule has 2 rings (SSSR count). The van der Waals surface area contributed by atoms with Crippen molar-refractivity contribution in [1.82, 2.24) is 0 Å². The van der Waals surface area contributed by atoms with Crippen LogP contribution in [0.15, 0.2) is 36.0 Å². The Labute approximate surface area is 119 Å². The second kappa shape index (κ2) is 5.79. The highest BCUT2D eigenvalue weighted by Gasteiger charge is 2.42. The number of nitrogens with one attached hydrogen (secondary N) is 1. The number of hydrogen-bond donors (Lipinski definition) is 1. The van der Waals surface area contributed by atoms with Crippen LogP contribution in [0.2, 0.25) is 0 Å². The molecule has 20 heavy (non-hydrogen) atoms. The fourth-order valence-corrected chi connectivity index (χ4v) is 2.30. The number of aryl methyl sites for hydroxylation is 1. The number of rotatable bonds is 5. The van der Waals surface area contributed by atoms with Crippen molar-refractivity contribution in [3.63, 3.8) is 0 Å². The van der Waals surface area contributed by atoms with Gasteiger partial charge in [-0.15, -0.1) is 0 Å². The lowest BCUT2D eigenvalue weighted by Crippen LogP contribution is -2.33. The lowest BCUT2D eigenvalue weighted by atomic mass is 9.93. The number of carbonyl (C=O) groups is 1. The Morgan fingerprint density at radius 3 is 2.55 bits per heavy atom. The fourth-order valence-electron chi connectivity index (χ4n) is 2.30. The quantitative estimate of drug-likeness (QED) is 0.835. The van der Waals surface area contributed by atoms with Gasteiger partial charge in [0.2, 0.25) is 0 Å². The summed E-state index contributed by atoms with van der Waals surface area (Å²) in [6, 6.07) is 10.1. The van der Waals surface area contributed by atoms with Crippen LogP contribution in [-0.4, -0.2) is 11.6 Å². The molecular weight excluding hydrogens is 252 g/mol. The number of cyclic esters (lactones) is 1. The molecule has 1 heterocycles. The third-order valence-electron chi connectivity index (χ3n) is 3.63. The fraction of sp³-hybridized carbons (Fsp3) is 0.375. The molecule has 1 unspecified atom stereocenters. The van der Waals surface area contributed by atoms with Crippen LogP contribution in [0.1, 0.15) is 32.3 Å². The molecule has 1 atom stereocenters. The SMILES string of the molecule is CCc1ccc(NC2=CC(=O)OC2(CC)CC#N)cc1. The molecule has 0 aliphatic carbocycles. The van der Waals surface area contributed by atoms with E-state index >= 15 is 0 Å². The van der Waals surface area contributed by atoms with Gasteiger partial charge < -0.3 is 10.1 Å². The Hall–Kier alpha value is -2.28. The molecule has 0 spiro atoms. The second-order valence-corrected chi connectivity index (χ2v) is 4.84. The van der Waals surface area contributed by atoms with Gasteiger partial charge in [0.15, 0.2) is 5.60 Å². The molecule has 0 aromatic heterocycles. The normalized spacial score (nSPS) is 21.1. The van der Waals surface area contributed by atoms with Gasteiger partial charge >= 0.3 is 5.97 Å². The van der Waals surface area contributed by atoms with Crippen molar-refractivity contribution in [2.75, 3.05) is 5.32 Å². The summed E-state index contributed by atoms with van der Waals surface area (Å²) in [4.78, 5) is 11.5. The Morgan fingerprint density at radius 2 is 2.00 bits per heavy atom. The van der Waals surface area contributed by atoms with Gasteiger partial charge in [-0.1, -0.05) is 26.0 Å². The maximum Gasteiger partial charge on any atom is 0.333 e. The molecule has 0 fully saturated rings. The number of carbonyl (C=O) groups excluding carboxylic acids is 1. The van der Waals surface area contributed by atoms with Gasteiger partial charge in [-0.05, 0) is 30.5 Å². The van der Waals surface area contributed by atoms with E-state index in [1.54, 1.807) is 0 Å². The largest absolute Gasteiger partial charge is 0.448 e. The third kappa shape index (κ3) is 2.67. The minimum absolute atomic E-state index is 0.154. The zero-order valence-electron chi connectivity index (χ0n) is 11.8. The highest BCUT2D eigenvalue weighted by atomic mass is 16.6. The number of hydrogen-bond acceptors (Lipinski definition) is 4. The summed E-state index contributed by atoms with van der Waals surface area (Å²) in [6.07, 6.45) is 3.14. The van der Waals surface area contributed by atoms with E-state index in [0.29, 0.717) is 12.1 Å². The molecule has 0 saturated carbocycles. The van der Waals surface area contributed by atoms with E-state index < -0.39 is 11.6 Å². The molecule has 0 amide bonds. The zero-order chi connectivity index (χ0) is 14.6. The first-order chi connectivity index (χ1) is 9.63. The van der Waals surface area contributed by atoms with Crippen molar-refractivity contribution in [2.45, 2.75) is 38.7 Å². The first-order valence-corrected chi connectivity index (χ1v) is 6.81. The maximum atomic E-state index is 11.5. The summed E-state index contributed by atoms with van der Waals surface area (Å²) in [7, 11) is 0. The first-order valence-electron chi connectivity index (χ1n) is 6.81. The lowest BCUT2D eigenvalue weighted by molar-refractivity contribution is -0.145. The van der Waals surface area contributed by atoms with Gasteiger partial charge in [0.25, 0.3) is 0 Å². The highest BCUT2D eigenvalue weighted by Crippen LogP contribution is 2.35. The van der Waals surface area contributed by atoms with E-state index in [9.17, 15) is 4.79 Å². The van der Waals surface area contributed by atoms with Crippen LogP contribution < -0.4 is 5.32 Å². The summed E-state index contributed by atoms with van der Waals surface area (Å²) in [6.45, 7) is 4.01. The van der Waals surface area contributed by atoms with Gasteiger partial charge in [0, 0.05) is 11.8 Å². The van der Waals surface area contributed by atoms with Crippen LogP contribution in [0.3, 0.4) is 0 Å². The smallest absolute Gasteiger partial charge is 0.333 e. The van der Waals surface area contributed by atoms with E-state index in [1.807, 2.05) is 31.2 Å². The molecule has 0 saturated heterocycles. The van der Waals surface area contributed by atoms with Crippen LogP contribution in [0, 0.1) is 11.3 Å². The van der Waals surface area contributed by atoms with Crippen LogP contribution in [-0.2, 0) is 16.0 Å². The molecule has 4 nitrogen and oxygen atoms in total. The molecule has 1 N–H and O–H groups in total. The molecule has 1 aromatic rings. The first kappa shape index (κ1) is 14.1. The Balaban J connectivity index is 2.23. The van der Waals surface area contributed by atoms with E-state index in [0.717, 1.165) is 12.1 Å². The van der Waals surface area contributed by atoms with Crippen molar-refractivity contribution in [3.05, 3.63) is 41.6 Å². The van der Waals surface area contributed by atoms with Crippen molar-refractivity contribution in [2.24, 2.45) is 0 Å². The highest BCUT2D eigenvalue weighted by molar-refractivity contribution is 5.88. The Kier molecular flexibility index (Phi) is 4.09. The molecule has 1 aromatic carbocycles. The topological polar surface area (TPSA) is 62.1 Å². The zero-order valence-corrected chi connectivity index (χ0v) is 11.8.